The number of anilines is 1. The summed E-state index contributed by atoms with van der Waals surface area (Å²) in [6, 6.07) is 14.6. The highest BCUT2D eigenvalue weighted by Gasteiger charge is 2.26. The molecule has 7 heteroatoms. The Morgan fingerprint density at radius 2 is 2.10 bits per heavy atom. The van der Waals surface area contributed by atoms with Gasteiger partial charge in [0, 0.05) is 36.8 Å². The van der Waals surface area contributed by atoms with Crippen LogP contribution in [0.25, 0.3) is 0 Å². The second-order valence-corrected chi connectivity index (χ2v) is 8.60. The number of nitrogens with zero attached hydrogens (tertiary/aromatic N) is 4. The number of aromatic nitrogens is 2. The number of carbonyl (C=O) groups excluding carboxylic acids is 1. The molecule has 0 aliphatic carbocycles. The fourth-order valence-electron chi connectivity index (χ4n) is 3.55. The number of amides is 1. The zero-order valence-electron chi connectivity index (χ0n) is 16.6. The van der Waals surface area contributed by atoms with E-state index in [0.717, 1.165) is 36.5 Å². The van der Waals surface area contributed by atoms with E-state index >= 15 is 0 Å². The third kappa shape index (κ3) is 4.09. The Balaban J connectivity index is 1.51. The van der Waals surface area contributed by atoms with Crippen molar-refractivity contribution in [1.82, 2.24) is 14.7 Å². The minimum Gasteiger partial charge on any atom is -0.311 e. The van der Waals surface area contributed by atoms with Crippen molar-refractivity contribution in [2.24, 2.45) is 0 Å². The number of carbonyl (C=O) groups is 1. The third-order valence-electron chi connectivity index (χ3n) is 5.09. The topological polar surface area (TPSA) is 74.0 Å². The van der Waals surface area contributed by atoms with Crippen LogP contribution in [0.1, 0.15) is 51.9 Å². The van der Waals surface area contributed by atoms with Crippen LogP contribution in [0.2, 0.25) is 0 Å². The van der Waals surface area contributed by atoms with Gasteiger partial charge in [0.25, 0.3) is 5.91 Å². The average molecular weight is 406 g/mol. The maximum absolute atomic E-state index is 12.6. The van der Waals surface area contributed by atoms with Crippen LogP contribution in [0.5, 0.6) is 0 Å². The molecule has 1 aliphatic heterocycles. The molecular weight excluding hydrogens is 382 g/mol. The molecule has 0 saturated heterocycles. The summed E-state index contributed by atoms with van der Waals surface area (Å²) in [5, 5.41) is 17.6. The van der Waals surface area contributed by atoms with Crippen molar-refractivity contribution in [1.29, 1.82) is 5.26 Å². The summed E-state index contributed by atoms with van der Waals surface area (Å²) in [4.78, 5) is 16.2. The minimum absolute atomic E-state index is 0.191. The van der Waals surface area contributed by atoms with E-state index in [1.54, 1.807) is 16.9 Å². The Hall–Kier alpha value is -2.95. The van der Waals surface area contributed by atoms with Crippen LogP contribution in [-0.4, -0.2) is 27.1 Å². The number of thiophene rings is 1. The normalized spacial score (nSPS) is 13.9. The van der Waals surface area contributed by atoms with Crippen molar-refractivity contribution in [3.8, 4) is 6.07 Å². The molecule has 0 saturated carbocycles. The second-order valence-electron chi connectivity index (χ2n) is 7.49. The van der Waals surface area contributed by atoms with Gasteiger partial charge in [-0.2, -0.15) is 10.4 Å². The maximum atomic E-state index is 12.6. The number of fused-ring (bicyclic) bond motifs is 1. The largest absolute Gasteiger partial charge is 0.311 e. The molecule has 0 unspecified atom stereocenters. The molecule has 3 heterocycles. The summed E-state index contributed by atoms with van der Waals surface area (Å²) >= 11 is 1.51. The van der Waals surface area contributed by atoms with Gasteiger partial charge >= 0.3 is 0 Å². The highest BCUT2D eigenvalue weighted by molar-refractivity contribution is 7.16. The molecule has 2 aromatic heterocycles. The van der Waals surface area contributed by atoms with Crippen LogP contribution >= 0.6 is 11.3 Å². The van der Waals surface area contributed by atoms with Gasteiger partial charge in [-0.15, -0.1) is 11.3 Å². The highest BCUT2D eigenvalue weighted by atomic mass is 32.1. The van der Waals surface area contributed by atoms with Crippen LogP contribution in [0.3, 0.4) is 0 Å². The Kier molecular flexibility index (Phi) is 5.47. The molecule has 0 spiro atoms. The van der Waals surface area contributed by atoms with Crippen LogP contribution in [0, 0.1) is 11.3 Å². The van der Waals surface area contributed by atoms with Crippen LogP contribution in [0.15, 0.2) is 42.6 Å². The molecule has 4 rings (SSSR count). The molecule has 1 aliphatic rings. The summed E-state index contributed by atoms with van der Waals surface area (Å²) < 4.78 is 1.75. The van der Waals surface area contributed by atoms with E-state index in [9.17, 15) is 10.1 Å². The fourth-order valence-corrected chi connectivity index (χ4v) is 4.79. The first-order valence-electron chi connectivity index (χ1n) is 9.72. The van der Waals surface area contributed by atoms with E-state index in [4.69, 9.17) is 0 Å². The first-order valence-corrected chi connectivity index (χ1v) is 10.5. The van der Waals surface area contributed by atoms with Crippen molar-refractivity contribution in [2.45, 2.75) is 39.4 Å². The Morgan fingerprint density at radius 3 is 2.79 bits per heavy atom. The molecule has 29 heavy (non-hydrogen) atoms. The third-order valence-corrected chi connectivity index (χ3v) is 6.23. The molecule has 6 nitrogen and oxygen atoms in total. The summed E-state index contributed by atoms with van der Waals surface area (Å²) in [6.07, 6.45) is 2.62. The molecule has 0 atom stereocenters. The van der Waals surface area contributed by atoms with Gasteiger partial charge in [0.15, 0.2) is 5.69 Å². The van der Waals surface area contributed by atoms with Crippen molar-refractivity contribution in [3.63, 3.8) is 0 Å². The monoisotopic (exact) mass is 405 g/mol. The second kappa shape index (κ2) is 8.19. The number of hydrogen-bond acceptors (Lipinski definition) is 5. The Bertz CT molecular complexity index is 1060. The summed E-state index contributed by atoms with van der Waals surface area (Å²) in [6.45, 7) is 6.60. The smallest absolute Gasteiger partial charge is 0.276 e. The first-order chi connectivity index (χ1) is 14.0. The van der Waals surface area contributed by atoms with Crippen LogP contribution in [-0.2, 0) is 19.5 Å². The Morgan fingerprint density at radius 1 is 1.31 bits per heavy atom. The zero-order valence-corrected chi connectivity index (χ0v) is 17.4. The van der Waals surface area contributed by atoms with E-state index in [0.29, 0.717) is 16.3 Å². The first kappa shape index (κ1) is 19.4. The number of nitriles is 1. The van der Waals surface area contributed by atoms with E-state index in [2.05, 4.69) is 45.7 Å². The van der Waals surface area contributed by atoms with Crippen LogP contribution in [0.4, 0.5) is 5.00 Å². The highest BCUT2D eigenvalue weighted by Crippen LogP contribution is 2.37. The van der Waals surface area contributed by atoms with Crippen molar-refractivity contribution >= 4 is 22.2 Å². The number of rotatable bonds is 5. The molecule has 1 amide bonds. The summed E-state index contributed by atoms with van der Waals surface area (Å²) in [7, 11) is 0. The lowest BCUT2D eigenvalue weighted by Crippen LogP contribution is -2.29. The van der Waals surface area contributed by atoms with Crippen LogP contribution < -0.4 is 5.32 Å². The molecule has 1 N–H and O–H groups in total. The molecule has 148 valence electrons. The van der Waals surface area contributed by atoms with Gasteiger partial charge < -0.3 is 5.32 Å². The summed E-state index contributed by atoms with van der Waals surface area (Å²) in [5.41, 5.74) is 3.31. The lowest BCUT2D eigenvalue weighted by molar-refractivity contribution is 0.102. The minimum atomic E-state index is -0.277. The molecule has 3 aromatic rings. The van der Waals surface area contributed by atoms with Gasteiger partial charge in [0.2, 0.25) is 0 Å². The fraction of sp³-hybridized carbons (Fsp3) is 0.318. The number of nitrogens with one attached hydrogen (secondary N) is 1. The van der Waals surface area contributed by atoms with Gasteiger partial charge in [-0.25, -0.2) is 0 Å². The van der Waals surface area contributed by atoms with Gasteiger partial charge in [0.1, 0.15) is 11.1 Å². The standard InChI is InChI=1S/C22H23N5OS/c1-15(2)27-11-9-19(25-27)21(28)24-22-18(12-23)17-8-10-26(14-20(17)29-22)13-16-6-4-3-5-7-16/h3-7,9,11,15H,8,10,13-14H2,1-2H3,(H,24,28). The quantitative estimate of drug-likeness (QED) is 0.690. The number of benzene rings is 1. The van der Waals surface area contributed by atoms with E-state index in [1.807, 2.05) is 19.9 Å². The van der Waals surface area contributed by atoms with Gasteiger partial charge in [-0.3, -0.25) is 14.4 Å². The molecule has 0 radical (unpaired) electrons. The van der Waals surface area contributed by atoms with E-state index < -0.39 is 0 Å². The molecule has 0 fully saturated rings. The maximum Gasteiger partial charge on any atom is 0.276 e. The van der Waals surface area contributed by atoms with Gasteiger partial charge in [-0.05, 0) is 37.5 Å². The van der Waals surface area contributed by atoms with Crippen molar-refractivity contribution < 1.29 is 4.79 Å². The van der Waals surface area contributed by atoms with Crippen molar-refractivity contribution in [3.05, 3.63) is 69.9 Å². The Labute approximate surface area is 174 Å². The lowest BCUT2D eigenvalue weighted by atomic mass is 10.0. The summed E-state index contributed by atoms with van der Waals surface area (Å²) in [5.74, 6) is -0.277. The molecule has 1 aromatic carbocycles. The van der Waals surface area contributed by atoms with Gasteiger partial charge in [-0.1, -0.05) is 30.3 Å². The zero-order chi connectivity index (χ0) is 20.4. The average Bonchev–Trinajstić information content (AvgIpc) is 3.33. The molecule has 0 bridgehead atoms. The predicted molar refractivity (Wildman–Crippen MR) is 114 cm³/mol. The van der Waals surface area contributed by atoms with E-state index in [-0.39, 0.29) is 11.9 Å². The SMILES string of the molecule is CC(C)n1ccc(C(=O)Nc2sc3c(c2C#N)CCN(Cc2ccccc2)C3)n1. The van der Waals surface area contributed by atoms with E-state index in [1.165, 1.54) is 16.9 Å². The van der Waals surface area contributed by atoms with Gasteiger partial charge in [0.05, 0.1) is 5.56 Å². The van der Waals surface area contributed by atoms with Crippen molar-refractivity contribution in [2.75, 3.05) is 11.9 Å². The lowest BCUT2D eigenvalue weighted by Gasteiger charge is -2.26. The number of hydrogen-bond donors (Lipinski definition) is 1. The molecular formula is C22H23N5OS. The predicted octanol–water partition coefficient (Wildman–Crippen LogP) is 4.21.